The minimum atomic E-state index is -0.279. The van der Waals surface area contributed by atoms with E-state index in [1.54, 1.807) is 17.0 Å². The third kappa shape index (κ3) is 6.76. The van der Waals surface area contributed by atoms with Gasteiger partial charge in [0.25, 0.3) is 0 Å². The number of nitrogens with one attached hydrogen (secondary N) is 1. The highest BCUT2D eigenvalue weighted by Crippen LogP contribution is 2.32. The molecule has 0 atom stereocenters. The van der Waals surface area contributed by atoms with E-state index in [0.717, 1.165) is 38.1 Å². The van der Waals surface area contributed by atoms with Gasteiger partial charge in [0.15, 0.2) is 0 Å². The second-order valence-corrected chi connectivity index (χ2v) is 8.72. The van der Waals surface area contributed by atoms with Gasteiger partial charge in [-0.05, 0) is 62.5 Å². The van der Waals surface area contributed by atoms with E-state index in [1.165, 1.54) is 32.1 Å². The molecule has 0 spiro atoms. The van der Waals surface area contributed by atoms with E-state index in [0.29, 0.717) is 24.8 Å². The highest BCUT2D eigenvalue weighted by Gasteiger charge is 2.28. The Morgan fingerprint density at radius 3 is 2.34 bits per heavy atom. The number of rotatable bonds is 7. The number of benzene rings is 1. The number of hydrogen-bond acceptors (Lipinski definition) is 3. The maximum Gasteiger partial charge on any atom is 0.415 e. The number of amides is 2. The first-order chi connectivity index (χ1) is 14.2. The van der Waals surface area contributed by atoms with E-state index in [2.05, 4.69) is 12.2 Å². The van der Waals surface area contributed by atoms with Crippen molar-refractivity contribution in [3.8, 4) is 5.75 Å². The first kappa shape index (κ1) is 21.7. The molecule has 1 heterocycles. The van der Waals surface area contributed by atoms with E-state index in [-0.39, 0.29) is 17.9 Å². The van der Waals surface area contributed by atoms with Crippen molar-refractivity contribution >= 4 is 12.0 Å². The molecule has 1 saturated heterocycles. The van der Waals surface area contributed by atoms with Crippen molar-refractivity contribution in [1.29, 1.82) is 0 Å². The fraction of sp³-hybridized carbons (Fsp3) is 0.667. The molecule has 1 aliphatic heterocycles. The zero-order valence-corrected chi connectivity index (χ0v) is 17.8. The molecule has 1 aromatic carbocycles. The molecule has 2 fully saturated rings. The van der Waals surface area contributed by atoms with Gasteiger partial charge in [-0.1, -0.05) is 44.4 Å². The number of para-hydroxylation sites is 1. The van der Waals surface area contributed by atoms with Crippen LogP contribution in [-0.2, 0) is 4.79 Å². The predicted octanol–water partition coefficient (Wildman–Crippen LogP) is 5.01. The van der Waals surface area contributed by atoms with Gasteiger partial charge < -0.3 is 15.0 Å². The summed E-state index contributed by atoms with van der Waals surface area (Å²) in [6.45, 7) is 4.36. The summed E-state index contributed by atoms with van der Waals surface area (Å²) in [5.41, 5.74) is 0. The number of unbranched alkanes of at least 4 members (excludes halogenated alkanes) is 1. The Kier molecular flexibility index (Phi) is 8.38. The van der Waals surface area contributed by atoms with Gasteiger partial charge in [0.2, 0.25) is 5.91 Å². The quantitative estimate of drug-likeness (QED) is 0.700. The number of likely N-dealkylation sites (tertiary alicyclic amines) is 1. The lowest BCUT2D eigenvalue weighted by molar-refractivity contribution is -0.126. The van der Waals surface area contributed by atoms with Crippen LogP contribution in [0.2, 0.25) is 0 Å². The molecule has 5 nitrogen and oxygen atoms in total. The molecule has 1 aliphatic carbocycles. The fourth-order valence-corrected chi connectivity index (χ4v) is 4.57. The van der Waals surface area contributed by atoms with Crippen LogP contribution in [0.25, 0.3) is 0 Å². The molecule has 160 valence electrons. The Balaban J connectivity index is 1.32. The van der Waals surface area contributed by atoms with Crippen molar-refractivity contribution in [2.45, 2.75) is 64.7 Å². The van der Waals surface area contributed by atoms with E-state index in [4.69, 9.17) is 4.74 Å². The normalized spacial score (nSPS) is 22.9. The van der Waals surface area contributed by atoms with Crippen LogP contribution in [0.4, 0.5) is 4.79 Å². The number of carbonyl (C=O) groups is 2. The summed E-state index contributed by atoms with van der Waals surface area (Å²) < 4.78 is 5.42. The Bertz CT molecular complexity index is 633. The second-order valence-electron chi connectivity index (χ2n) is 8.72. The molecule has 2 aliphatic rings. The number of hydrogen-bond donors (Lipinski definition) is 1. The third-order valence-corrected chi connectivity index (χ3v) is 6.57. The largest absolute Gasteiger partial charge is 0.415 e. The molecule has 0 bridgehead atoms. The standard InChI is InChI=1S/C24H36N2O3/c1-2-3-7-19-10-12-21(13-11-19)23(27)25-18-20-14-16-26(17-15-20)24(28)29-22-8-5-4-6-9-22/h4-6,8-9,19-21H,2-3,7,10-18H2,1H3,(H,25,27). The summed E-state index contributed by atoms with van der Waals surface area (Å²) in [4.78, 5) is 26.6. The van der Waals surface area contributed by atoms with Crippen LogP contribution in [0.15, 0.2) is 30.3 Å². The molecule has 2 amide bonds. The fourth-order valence-electron chi connectivity index (χ4n) is 4.57. The minimum absolute atomic E-state index is 0.203. The summed E-state index contributed by atoms with van der Waals surface area (Å²) >= 11 is 0. The van der Waals surface area contributed by atoms with E-state index in [1.807, 2.05) is 18.2 Å². The van der Waals surface area contributed by atoms with Crippen molar-refractivity contribution < 1.29 is 14.3 Å². The average molecular weight is 401 g/mol. The first-order valence-corrected chi connectivity index (χ1v) is 11.4. The maximum absolute atomic E-state index is 12.5. The van der Waals surface area contributed by atoms with Crippen molar-refractivity contribution in [2.24, 2.45) is 17.8 Å². The smallest absolute Gasteiger partial charge is 0.410 e. The second kappa shape index (κ2) is 11.2. The van der Waals surface area contributed by atoms with Crippen LogP contribution < -0.4 is 10.1 Å². The van der Waals surface area contributed by atoms with Crippen LogP contribution in [0.5, 0.6) is 5.75 Å². The Labute approximate surface area is 175 Å². The number of nitrogens with zero attached hydrogens (tertiary/aromatic N) is 1. The molecule has 0 aromatic heterocycles. The van der Waals surface area contributed by atoms with E-state index >= 15 is 0 Å². The monoisotopic (exact) mass is 400 g/mol. The zero-order chi connectivity index (χ0) is 20.5. The van der Waals surface area contributed by atoms with Crippen LogP contribution in [0, 0.1) is 17.8 Å². The summed E-state index contributed by atoms with van der Waals surface area (Å²) in [6.07, 6.45) is 9.97. The van der Waals surface area contributed by atoms with Gasteiger partial charge in [-0.3, -0.25) is 4.79 Å². The average Bonchev–Trinajstić information content (AvgIpc) is 2.77. The minimum Gasteiger partial charge on any atom is -0.410 e. The number of ether oxygens (including phenoxy) is 1. The third-order valence-electron chi connectivity index (χ3n) is 6.57. The van der Waals surface area contributed by atoms with Crippen LogP contribution in [0.1, 0.15) is 64.7 Å². The molecule has 0 unspecified atom stereocenters. The summed E-state index contributed by atoms with van der Waals surface area (Å²) in [5.74, 6) is 2.30. The molecule has 0 radical (unpaired) electrons. The number of carbonyl (C=O) groups excluding carboxylic acids is 2. The molecular formula is C24H36N2O3. The predicted molar refractivity (Wildman–Crippen MR) is 115 cm³/mol. The zero-order valence-electron chi connectivity index (χ0n) is 17.8. The van der Waals surface area contributed by atoms with Gasteiger partial charge in [0.1, 0.15) is 5.75 Å². The lowest BCUT2D eigenvalue weighted by Crippen LogP contribution is -2.43. The molecule has 29 heavy (non-hydrogen) atoms. The van der Waals surface area contributed by atoms with Gasteiger partial charge in [-0.15, -0.1) is 0 Å². The van der Waals surface area contributed by atoms with Gasteiger partial charge in [0.05, 0.1) is 0 Å². The van der Waals surface area contributed by atoms with E-state index < -0.39 is 0 Å². The van der Waals surface area contributed by atoms with Gasteiger partial charge in [-0.2, -0.15) is 0 Å². The van der Waals surface area contributed by atoms with Crippen molar-refractivity contribution in [3.63, 3.8) is 0 Å². The highest BCUT2D eigenvalue weighted by atomic mass is 16.6. The molecule has 5 heteroatoms. The lowest BCUT2D eigenvalue weighted by Gasteiger charge is -2.32. The molecule has 1 N–H and O–H groups in total. The Hall–Kier alpha value is -2.04. The van der Waals surface area contributed by atoms with Crippen LogP contribution >= 0.6 is 0 Å². The highest BCUT2D eigenvalue weighted by molar-refractivity contribution is 5.78. The van der Waals surface area contributed by atoms with Gasteiger partial charge >= 0.3 is 6.09 Å². The van der Waals surface area contributed by atoms with Crippen molar-refractivity contribution in [2.75, 3.05) is 19.6 Å². The first-order valence-electron chi connectivity index (χ1n) is 11.4. The topological polar surface area (TPSA) is 58.6 Å². The van der Waals surface area contributed by atoms with Crippen LogP contribution in [-0.4, -0.2) is 36.5 Å². The van der Waals surface area contributed by atoms with E-state index in [9.17, 15) is 9.59 Å². The summed E-state index contributed by atoms with van der Waals surface area (Å²) in [6, 6.07) is 9.19. The SMILES string of the molecule is CCCCC1CCC(C(=O)NCC2CCN(C(=O)Oc3ccccc3)CC2)CC1. The molecule has 1 aromatic rings. The Morgan fingerprint density at radius 1 is 1.00 bits per heavy atom. The summed E-state index contributed by atoms with van der Waals surface area (Å²) in [7, 11) is 0. The molecule has 1 saturated carbocycles. The number of piperidine rings is 1. The van der Waals surface area contributed by atoms with Crippen LogP contribution in [0.3, 0.4) is 0 Å². The maximum atomic E-state index is 12.5. The van der Waals surface area contributed by atoms with Gasteiger partial charge in [0, 0.05) is 25.6 Å². The van der Waals surface area contributed by atoms with Crippen molar-refractivity contribution in [3.05, 3.63) is 30.3 Å². The van der Waals surface area contributed by atoms with Crippen molar-refractivity contribution in [1.82, 2.24) is 10.2 Å². The Morgan fingerprint density at radius 2 is 1.69 bits per heavy atom. The molecular weight excluding hydrogens is 364 g/mol. The lowest BCUT2D eigenvalue weighted by atomic mass is 9.79. The van der Waals surface area contributed by atoms with Gasteiger partial charge in [-0.25, -0.2) is 4.79 Å². The molecule has 3 rings (SSSR count). The summed E-state index contributed by atoms with van der Waals surface area (Å²) in [5, 5.41) is 3.19.